The molecule has 0 aliphatic heterocycles. The highest BCUT2D eigenvalue weighted by molar-refractivity contribution is 9.10. The molecule has 2 aromatic rings. The molecule has 0 saturated heterocycles. The van der Waals surface area contributed by atoms with Gasteiger partial charge < -0.3 is 14.3 Å². The molecule has 0 radical (unpaired) electrons. The minimum atomic E-state index is 0.0128. The first-order valence-corrected chi connectivity index (χ1v) is 6.17. The molecule has 0 saturated carbocycles. The van der Waals surface area contributed by atoms with Gasteiger partial charge in [-0.1, -0.05) is 0 Å². The first-order chi connectivity index (χ1) is 8.19. The van der Waals surface area contributed by atoms with Gasteiger partial charge in [-0.15, -0.1) is 0 Å². The molecule has 2 heterocycles. The van der Waals surface area contributed by atoms with E-state index in [0.29, 0.717) is 17.8 Å². The van der Waals surface area contributed by atoms with Crippen molar-refractivity contribution in [2.45, 2.75) is 20.0 Å². The fourth-order valence-electron chi connectivity index (χ4n) is 1.52. The number of anilines is 1. The maximum Gasteiger partial charge on any atom is 0.250 e. The van der Waals surface area contributed by atoms with Gasteiger partial charge in [-0.25, -0.2) is 0 Å². The maximum atomic E-state index is 11.4. The lowest BCUT2D eigenvalue weighted by Crippen LogP contribution is -2.17. The predicted molar refractivity (Wildman–Crippen MR) is 70.1 cm³/mol. The van der Waals surface area contributed by atoms with Crippen LogP contribution in [-0.2, 0) is 13.1 Å². The van der Waals surface area contributed by atoms with Crippen LogP contribution in [0, 0.1) is 0 Å². The minimum absolute atomic E-state index is 0.0128. The fourth-order valence-corrected chi connectivity index (χ4v) is 1.86. The van der Waals surface area contributed by atoms with Gasteiger partial charge in [-0.05, 0) is 41.1 Å². The van der Waals surface area contributed by atoms with Crippen LogP contribution < -0.4 is 10.9 Å². The smallest absolute Gasteiger partial charge is 0.250 e. The summed E-state index contributed by atoms with van der Waals surface area (Å²) in [6.07, 6.45) is 1.81. The monoisotopic (exact) mass is 296 g/mol. The highest BCUT2D eigenvalue weighted by Crippen LogP contribution is 2.15. The van der Waals surface area contributed by atoms with Crippen molar-refractivity contribution in [3.63, 3.8) is 0 Å². The first-order valence-electron chi connectivity index (χ1n) is 5.37. The molecule has 0 aliphatic rings. The third-order valence-corrected chi connectivity index (χ3v) is 2.85. The Labute approximate surface area is 107 Å². The lowest BCUT2D eigenvalue weighted by molar-refractivity contribution is 0.495. The van der Waals surface area contributed by atoms with E-state index in [2.05, 4.69) is 21.2 Å². The van der Waals surface area contributed by atoms with E-state index in [1.165, 1.54) is 0 Å². The molecule has 2 aromatic heterocycles. The Bertz CT molecular complexity index is 560. The SMILES string of the molecule is CCn1cc(NCc2ccc(Br)o2)ccc1=O. The number of aryl methyl sites for hydroxylation is 1. The van der Waals surface area contributed by atoms with Gasteiger partial charge in [-0.3, -0.25) is 4.79 Å². The predicted octanol–water partition coefficient (Wildman–Crippen LogP) is 2.84. The molecule has 0 amide bonds. The summed E-state index contributed by atoms with van der Waals surface area (Å²) < 4.78 is 7.74. The van der Waals surface area contributed by atoms with Gasteiger partial charge in [0.05, 0.1) is 12.2 Å². The summed E-state index contributed by atoms with van der Waals surface area (Å²) in [4.78, 5) is 11.4. The zero-order valence-corrected chi connectivity index (χ0v) is 11.0. The van der Waals surface area contributed by atoms with Crippen LogP contribution in [0.3, 0.4) is 0 Å². The third kappa shape index (κ3) is 3.00. The van der Waals surface area contributed by atoms with Crippen molar-refractivity contribution < 1.29 is 4.42 Å². The summed E-state index contributed by atoms with van der Waals surface area (Å²) in [5.41, 5.74) is 0.915. The number of aromatic nitrogens is 1. The van der Waals surface area contributed by atoms with Crippen molar-refractivity contribution in [2.24, 2.45) is 0 Å². The second-order valence-electron chi connectivity index (χ2n) is 3.60. The molecular formula is C12H13BrN2O2. The Kier molecular flexibility index (Phi) is 3.68. The van der Waals surface area contributed by atoms with E-state index in [1.807, 2.05) is 19.1 Å². The standard InChI is InChI=1S/C12H13BrN2O2/c1-2-15-8-9(3-6-12(15)16)14-7-10-4-5-11(13)17-10/h3-6,8,14H,2,7H2,1H3. The van der Waals surface area contributed by atoms with Crippen molar-refractivity contribution >= 4 is 21.6 Å². The highest BCUT2D eigenvalue weighted by Gasteiger charge is 2.00. The summed E-state index contributed by atoms with van der Waals surface area (Å²) in [6.45, 7) is 3.20. The van der Waals surface area contributed by atoms with Crippen molar-refractivity contribution in [1.29, 1.82) is 0 Å². The average molecular weight is 297 g/mol. The van der Waals surface area contributed by atoms with E-state index in [1.54, 1.807) is 22.9 Å². The van der Waals surface area contributed by atoms with E-state index in [9.17, 15) is 4.79 Å². The molecule has 0 bridgehead atoms. The number of furan rings is 1. The second kappa shape index (κ2) is 5.23. The van der Waals surface area contributed by atoms with Crippen molar-refractivity contribution in [3.05, 3.63) is 51.2 Å². The van der Waals surface area contributed by atoms with E-state index < -0.39 is 0 Å². The molecule has 0 aliphatic carbocycles. The normalized spacial score (nSPS) is 10.5. The minimum Gasteiger partial charge on any atom is -0.452 e. The van der Waals surface area contributed by atoms with Gasteiger partial charge in [0.15, 0.2) is 4.67 Å². The van der Waals surface area contributed by atoms with Crippen LogP contribution in [0.1, 0.15) is 12.7 Å². The Balaban J connectivity index is 2.06. The largest absolute Gasteiger partial charge is 0.452 e. The maximum absolute atomic E-state index is 11.4. The van der Waals surface area contributed by atoms with Gasteiger partial charge in [-0.2, -0.15) is 0 Å². The molecule has 4 nitrogen and oxygen atoms in total. The summed E-state index contributed by atoms with van der Waals surface area (Å²) in [6, 6.07) is 7.08. The van der Waals surface area contributed by atoms with Crippen LogP contribution in [0.4, 0.5) is 5.69 Å². The van der Waals surface area contributed by atoms with Crippen LogP contribution in [0.25, 0.3) is 0 Å². The van der Waals surface area contributed by atoms with E-state index >= 15 is 0 Å². The molecule has 17 heavy (non-hydrogen) atoms. The number of hydrogen-bond donors (Lipinski definition) is 1. The van der Waals surface area contributed by atoms with Gasteiger partial charge >= 0.3 is 0 Å². The zero-order chi connectivity index (χ0) is 12.3. The summed E-state index contributed by atoms with van der Waals surface area (Å²) in [5, 5.41) is 3.20. The lowest BCUT2D eigenvalue weighted by atomic mass is 10.3. The second-order valence-corrected chi connectivity index (χ2v) is 4.38. The van der Waals surface area contributed by atoms with Crippen LogP contribution in [0.15, 0.2) is 44.3 Å². The Hall–Kier alpha value is -1.49. The highest BCUT2D eigenvalue weighted by atomic mass is 79.9. The number of pyridine rings is 1. The summed E-state index contributed by atoms with van der Waals surface area (Å²) in [7, 11) is 0. The Morgan fingerprint density at radius 1 is 1.35 bits per heavy atom. The lowest BCUT2D eigenvalue weighted by Gasteiger charge is -2.07. The van der Waals surface area contributed by atoms with Crippen LogP contribution in [0.2, 0.25) is 0 Å². The molecule has 0 aromatic carbocycles. The van der Waals surface area contributed by atoms with Crippen LogP contribution in [-0.4, -0.2) is 4.57 Å². The number of halogens is 1. The molecule has 0 unspecified atom stereocenters. The van der Waals surface area contributed by atoms with Gasteiger partial charge in [0.25, 0.3) is 5.56 Å². The van der Waals surface area contributed by atoms with Crippen molar-refractivity contribution in [2.75, 3.05) is 5.32 Å². The third-order valence-electron chi connectivity index (χ3n) is 2.42. The number of rotatable bonds is 4. The summed E-state index contributed by atoms with van der Waals surface area (Å²) in [5.74, 6) is 0.839. The average Bonchev–Trinajstić information content (AvgIpc) is 2.74. The number of hydrogen-bond acceptors (Lipinski definition) is 3. The van der Waals surface area contributed by atoms with Crippen LogP contribution >= 0.6 is 15.9 Å². The molecule has 0 fully saturated rings. The van der Waals surface area contributed by atoms with Gasteiger partial charge in [0.2, 0.25) is 0 Å². The van der Waals surface area contributed by atoms with Crippen molar-refractivity contribution in [1.82, 2.24) is 4.57 Å². The van der Waals surface area contributed by atoms with Gasteiger partial charge in [0.1, 0.15) is 5.76 Å². The molecule has 1 N–H and O–H groups in total. The fraction of sp³-hybridized carbons (Fsp3) is 0.250. The molecule has 0 atom stereocenters. The topological polar surface area (TPSA) is 47.2 Å². The molecular weight excluding hydrogens is 284 g/mol. The van der Waals surface area contributed by atoms with Crippen molar-refractivity contribution in [3.8, 4) is 0 Å². The van der Waals surface area contributed by atoms with E-state index in [4.69, 9.17) is 4.42 Å². The molecule has 2 rings (SSSR count). The summed E-state index contributed by atoms with van der Waals surface area (Å²) >= 11 is 3.25. The van der Waals surface area contributed by atoms with E-state index in [-0.39, 0.29) is 5.56 Å². The zero-order valence-electron chi connectivity index (χ0n) is 9.44. The Morgan fingerprint density at radius 3 is 2.82 bits per heavy atom. The first kappa shape index (κ1) is 12.0. The van der Waals surface area contributed by atoms with Crippen LogP contribution in [0.5, 0.6) is 0 Å². The molecule has 0 spiro atoms. The Morgan fingerprint density at radius 2 is 2.18 bits per heavy atom. The molecule has 5 heteroatoms. The number of nitrogens with zero attached hydrogens (tertiary/aromatic N) is 1. The van der Waals surface area contributed by atoms with E-state index in [0.717, 1.165) is 11.4 Å². The van der Waals surface area contributed by atoms with Gasteiger partial charge in [0, 0.05) is 18.8 Å². The quantitative estimate of drug-likeness (QED) is 0.944. The molecule has 90 valence electrons. The number of nitrogens with one attached hydrogen (secondary N) is 1.